The number of benzene rings is 1. The SMILES string of the molecule is CC(C)[C@H](N)C(=O)NCC(=O)NCCC(=O)NCc1ccccc1.Cl. The molecule has 1 rings (SSSR count). The topological polar surface area (TPSA) is 113 Å². The van der Waals surface area contributed by atoms with Gasteiger partial charge in [0, 0.05) is 19.5 Å². The van der Waals surface area contributed by atoms with E-state index < -0.39 is 6.04 Å². The van der Waals surface area contributed by atoms with Crippen molar-refractivity contribution in [2.24, 2.45) is 11.7 Å². The first kappa shape index (κ1) is 22.9. The number of carbonyl (C=O) groups is 3. The van der Waals surface area contributed by atoms with Crippen molar-refractivity contribution in [2.75, 3.05) is 13.1 Å². The third-order valence-corrected chi connectivity index (χ3v) is 3.45. The lowest BCUT2D eigenvalue weighted by molar-refractivity contribution is -0.127. The van der Waals surface area contributed by atoms with E-state index in [1.54, 1.807) is 0 Å². The monoisotopic (exact) mass is 370 g/mol. The van der Waals surface area contributed by atoms with Crippen LogP contribution in [0.25, 0.3) is 0 Å². The molecule has 0 heterocycles. The summed E-state index contributed by atoms with van der Waals surface area (Å²) < 4.78 is 0. The number of nitrogens with one attached hydrogen (secondary N) is 3. The summed E-state index contributed by atoms with van der Waals surface area (Å²) in [5.41, 5.74) is 6.68. The van der Waals surface area contributed by atoms with Crippen molar-refractivity contribution in [3.63, 3.8) is 0 Å². The molecule has 0 aliphatic heterocycles. The van der Waals surface area contributed by atoms with Gasteiger partial charge in [0.1, 0.15) is 0 Å². The van der Waals surface area contributed by atoms with Gasteiger partial charge in [-0.15, -0.1) is 12.4 Å². The van der Waals surface area contributed by atoms with Gasteiger partial charge in [-0.1, -0.05) is 44.2 Å². The molecule has 5 N–H and O–H groups in total. The Labute approximate surface area is 154 Å². The number of halogens is 1. The second kappa shape index (κ2) is 12.3. The first-order valence-electron chi connectivity index (χ1n) is 8.00. The normalized spacial score (nSPS) is 11.2. The second-order valence-corrected chi connectivity index (χ2v) is 5.85. The molecule has 0 aliphatic rings. The van der Waals surface area contributed by atoms with Gasteiger partial charge in [-0.2, -0.15) is 0 Å². The van der Waals surface area contributed by atoms with Gasteiger partial charge < -0.3 is 21.7 Å². The molecule has 25 heavy (non-hydrogen) atoms. The van der Waals surface area contributed by atoms with Gasteiger partial charge in [-0.05, 0) is 11.5 Å². The van der Waals surface area contributed by atoms with Gasteiger partial charge in [0.15, 0.2) is 0 Å². The lowest BCUT2D eigenvalue weighted by atomic mass is 10.1. The van der Waals surface area contributed by atoms with E-state index in [0.717, 1.165) is 5.56 Å². The predicted molar refractivity (Wildman–Crippen MR) is 99.0 cm³/mol. The number of hydrogen-bond donors (Lipinski definition) is 4. The maximum atomic E-state index is 11.7. The summed E-state index contributed by atoms with van der Waals surface area (Å²) in [5, 5.41) is 7.83. The lowest BCUT2D eigenvalue weighted by Crippen LogP contribution is -2.47. The third kappa shape index (κ3) is 9.69. The van der Waals surface area contributed by atoms with Gasteiger partial charge in [0.25, 0.3) is 0 Å². The smallest absolute Gasteiger partial charge is 0.239 e. The standard InChI is InChI=1S/C17H26N4O3.ClH/c1-12(2)16(18)17(24)21-11-15(23)19-9-8-14(22)20-10-13-6-4-3-5-7-13;/h3-7,12,16H,8-11,18H2,1-2H3,(H,19,23)(H,20,22)(H,21,24);1H/t16-;/m0./s1. The average molecular weight is 371 g/mol. The van der Waals surface area contributed by atoms with Crippen LogP contribution in [0.15, 0.2) is 30.3 Å². The maximum absolute atomic E-state index is 11.7. The fraction of sp³-hybridized carbons (Fsp3) is 0.471. The Bertz CT molecular complexity index is 552. The molecular weight excluding hydrogens is 344 g/mol. The summed E-state index contributed by atoms with van der Waals surface area (Å²) in [6.45, 7) is 4.18. The summed E-state index contributed by atoms with van der Waals surface area (Å²) in [6, 6.07) is 8.93. The molecule has 1 aromatic rings. The van der Waals surface area contributed by atoms with Crippen LogP contribution in [0.4, 0.5) is 0 Å². The van der Waals surface area contributed by atoms with E-state index in [-0.39, 0.29) is 55.6 Å². The van der Waals surface area contributed by atoms with E-state index in [1.165, 1.54) is 0 Å². The fourth-order valence-electron chi connectivity index (χ4n) is 1.85. The Hall–Kier alpha value is -2.12. The van der Waals surface area contributed by atoms with Gasteiger partial charge in [-0.25, -0.2) is 0 Å². The van der Waals surface area contributed by atoms with Crippen LogP contribution < -0.4 is 21.7 Å². The highest BCUT2D eigenvalue weighted by atomic mass is 35.5. The maximum Gasteiger partial charge on any atom is 0.239 e. The van der Waals surface area contributed by atoms with Crippen LogP contribution in [0.5, 0.6) is 0 Å². The number of hydrogen-bond acceptors (Lipinski definition) is 4. The van der Waals surface area contributed by atoms with Crippen molar-refractivity contribution >= 4 is 30.1 Å². The van der Waals surface area contributed by atoms with Crippen LogP contribution in [-0.4, -0.2) is 36.9 Å². The van der Waals surface area contributed by atoms with Crippen LogP contribution in [0.2, 0.25) is 0 Å². The molecule has 140 valence electrons. The third-order valence-electron chi connectivity index (χ3n) is 3.45. The van der Waals surface area contributed by atoms with Crippen molar-refractivity contribution in [1.82, 2.24) is 16.0 Å². The molecule has 0 aliphatic carbocycles. The second-order valence-electron chi connectivity index (χ2n) is 5.85. The minimum atomic E-state index is -0.637. The number of nitrogens with two attached hydrogens (primary N) is 1. The Morgan fingerprint density at radius 1 is 1.00 bits per heavy atom. The minimum absolute atomic E-state index is 0. The van der Waals surface area contributed by atoms with E-state index in [2.05, 4.69) is 16.0 Å². The van der Waals surface area contributed by atoms with Crippen LogP contribution in [0.3, 0.4) is 0 Å². The summed E-state index contributed by atoms with van der Waals surface area (Å²) in [4.78, 5) is 34.9. The summed E-state index contributed by atoms with van der Waals surface area (Å²) in [5.74, 6) is -0.859. The Balaban J connectivity index is 0.00000576. The zero-order valence-corrected chi connectivity index (χ0v) is 15.4. The first-order valence-corrected chi connectivity index (χ1v) is 8.00. The molecule has 0 aromatic heterocycles. The molecule has 0 bridgehead atoms. The van der Waals surface area contributed by atoms with Gasteiger partial charge >= 0.3 is 0 Å². The zero-order valence-electron chi connectivity index (χ0n) is 14.6. The molecule has 7 nitrogen and oxygen atoms in total. The van der Waals surface area contributed by atoms with E-state index in [9.17, 15) is 14.4 Å². The molecule has 8 heteroatoms. The molecule has 0 saturated carbocycles. The predicted octanol–water partition coefficient (Wildman–Crippen LogP) is 0.330. The van der Waals surface area contributed by atoms with Crippen molar-refractivity contribution in [3.05, 3.63) is 35.9 Å². The molecule has 0 unspecified atom stereocenters. The molecule has 1 atom stereocenters. The summed E-state index contributed by atoms with van der Waals surface area (Å²) >= 11 is 0. The summed E-state index contributed by atoms with van der Waals surface area (Å²) in [6.07, 6.45) is 0.179. The minimum Gasteiger partial charge on any atom is -0.354 e. The molecule has 3 amide bonds. The molecule has 0 saturated heterocycles. The lowest BCUT2D eigenvalue weighted by Gasteiger charge is -2.15. The van der Waals surface area contributed by atoms with Crippen molar-refractivity contribution in [3.8, 4) is 0 Å². The van der Waals surface area contributed by atoms with Crippen molar-refractivity contribution in [1.29, 1.82) is 0 Å². The first-order chi connectivity index (χ1) is 11.4. The molecule has 0 spiro atoms. The molecule has 0 radical (unpaired) electrons. The van der Waals surface area contributed by atoms with E-state index in [0.29, 0.717) is 6.54 Å². The van der Waals surface area contributed by atoms with Crippen LogP contribution in [-0.2, 0) is 20.9 Å². The van der Waals surface area contributed by atoms with Gasteiger partial charge in [-0.3, -0.25) is 14.4 Å². The van der Waals surface area contributed by atoms with Crippen LogP contribution in [0.1, 0.15) is 25.8 Å². The highest BCUT2D eigenvalue weighted by Gasteiger charge is 2.17. The number of amides is 3. The number of rotatable bonds is 9. The van der Waals surface area contributed by atoms with Gasteiger partial charge in [0.2, 0.25) is 17.7 Å². The Morgan fingerprint density at radius 2 is 1.64 bits per heavy atom. The molecular formula is C17H27ClN4O3. The number of carbonyl (C=O) groups excluding carboxylic acids is 3. The molecule has 0 fully saturated rings. The van der Waals surface area contributed by atoms with E-state index in [1.807, 2.05) is 44.2 Å². The van der Waals surface area contributed by atoms with Crippen LogP contribution >= 0.6 is 12.4 Å². The van der Waals surface area contributed by atoms with Gasteiger partial charge in [0.05, 0.1) is 12.6 Å². The Kier molecular flexibility index (Phi) is 11.2. The summed E-state index contributed by atoms with van der Waals surface area (Å²) in [7, 11) is 0. The largest absolute Gasteiger partial charge is 0.354 e. The quantitative estimate of drug-likeness (QED) is 0.501. The fourth-order valence-corrected chi connectivity index (χ4v) is 1.85. The van der Waals surface area contributed by atoms with Crippen molar-refractivity contribution < 1.29 is 14.4 Å². The molecule has 1 aromatic carbocycles. The van der Waals surface area contributed by atoms with Crippen LogP contribution in [0, 0.1) is 5.92 Å². The van der Waals surface area contributed by atoms with E-state index in [4.69, 9.17) is 5.73 Å². The van der Waals surface area contributed by atoms with Crippen molar-refractivity contribution in [2.45, 2.75) is 32.9 Å². The van der Waals surface area contributed by atoms with E-state index >= 15 is 0 Å². The Morgan fingerprint density at radius 3 is 2.24 bits per heavy atom. The highest BCUT2D eigenvalue weighted by molar-refractivity contribution is 5.87. The average Bonchev–Trinajstić information content (AvgIpc) is 2.58. The highest BCUT2D eigenvalue weighted by Crippen LogP contribution is 1.98. The zero-order chi connectivity index (χ0) is 17.9.